The number of aryl methyl sites for hydroxylation is 1. The Morgan fingerprint density at radius 1 is 1.45 bits per heavy atom. The number of benzene rings is 1. The van der Waals surface area contributed by atoms with Crippen LogP contribution in [-0.2, 0) is 9.59 Å². The topological polar surface area (TPSA) is 75.2 Å². The smallest absolute Gasteiger partial charge is 0.231 e. The molecular weight excluding hydrogens is 324 g/mol. The third-order valence-electron chi connectivity index (χ3n) is 3.40. The Morgan fingerprint density at radius 2 is 2.23 bits per heavy atom. The van der Waals surface area contributed by atoms with E-state index in [4.69, 9.17) is 11.6 Å². The number of aromatic nitrogens is 2. The van der Waals surface area contributed by atoms with Crippen molar-refractivity contribution in [3.8, 4) is 0 Å². The van der Waals surface area contributed by atoms with E-state index >= 15 is 0 Å². The van der Waals surface area contributed by atoms with Gasteiger partial charge in [-0.3, -0.25) is 9.59 Å². The Morgan fingerprint density at radius 3 is 2.91 bits per heavy atom. The van der Waals surface area contributed by atoms with E-state index in [-0.39, 0.29) is 18.2 Å². The van der Waals surface area contributed by atoms with Crippen LogP contribution in [-0.4, -0.2) is 27.7 Å². The third-order valence-corrected chi connectivity index (χ3v) is 4.44. The molecular formula is C14H13ClN4O2S. The number of halogens is 1. The zero-order valence-electron chi connectivity index (χ0n) is 11.7. The van der Waals surface area contributed by atoms with Crippen LogP contribution < -0.4 is 10.2 Å². The Balaban J connectivity index is 1.71. The van der Waals surface area contributed by atoms with Gasteiger partial charge in [0.2, 0.25) is 16.9 Å². The fourth-order valence-corrected chi connectivity index (χ4v) is 3.16. The van der Waals surface area contributed by atoms with Gasteiger partial charge in [-0.15, -0.1) is 0 Å². The van der Waals surface area contributed by atoms with Gasteiger partial charge in [0.05, 0.1) is 16.6 Å². The first-order valence-corrected chi connectivity index (χ1v) is 7.86. The molecule has 22 heavy (non-hydrogen) atoms. The van der Waals surface area contributed by atoms with E-state index in [2.05, 4.69) is 14.7 Å². The Kier molecular flexibility index (Phi) is 4.08. The number of amides is 2. The maximum atomic E-state index is 12.2. The molecule has 1 saturated heterocycles. The molecule has 0 spiro atoms. The minimum absolute atomic E-state index is 0.110. The van der Waals surface area contributed by atoms with Crippen molar-refractivity contribution in [3.05, 3.63) is 35.1 Å². The lowest BCUT2D eigenvalue weighted by atomic mass is 10.1. The first kappa shape index (κ1) is 14.9. The molecule has 114 valence electrons. The summed E-state index contributed by atoms with van der Waals surface area (Å²) in [6, 6.07) is 7.11. The zero-order valence-corrected chi connectivity index (χ0v) is 13.3. The summed E-state index contributed by atoms with van der Waals surface area (Å²) in [7, 11) is 0. The summed E-state index contributed by atoms with van der Waals surface area (Å²) in [5.41, 5.74) is 0.635. The van der Waals surface area contributed by atoms with Gasteiger partial charge in [0, 0.05) is 24.5 Å². The van der Waals surface area contributed by atoms with Crippen LogP contribution in [0.1, 0.15) is 12.2 Å². The summed E-state index contributed by atoms with van der Waals surface area (Å²) in [6.45, 7) is 2.07. The summed E-state index contributed by atoms with van der Waals surface area (Å²) in [5, 5.41) is 3.65. The van der Waals surface area contributed by atoms with Crippen molar-refractivity contribution in [3.63, 3.8) is 0 Å². The van der Waals surface area contributed by atoms with Crippen LogP contribution in [0.5, 0.6) is 0 Å². The number of anilines is 2. The Labute approximate surface area is 136 Å². The molecule has 0 aliphatic carbocycles. The molecule has 1 aromatic heterocycles. The largest absolute Gasteiger partial charge is 0.310 e. The van der Waals surface area contributed by atoms with Gasteiger partial charge in [0.1, 0.15) is 5.82 Å². The molecule has 2 aromatic rings. The first-order chi connectivity index (χ1) is 10.5. The van der Waals surface area contributed by atoms with Crippen molar-refractivity contribution in [2.45, 2.75) is 13.3 Å². The van der Waals surface area contributed by atoms with Crippen molar-refractivity contribution >= 4 is 45.8 Å². The zero-order chi connectivity index (χ0) is 15.7. The molecule has 0 bridgehead atoms. The minimum atomic E-state index is -0.423. The molecule has 0 saturated carbocycles. The fourth-order valence-electron chi connectivity index (χ4n) is 2.34. The van der Waals surface area contributed by atoms with Gasteiger partial charge in [-0.25, -0.2) is 4.98 Å². The summed E-state index contributed by atoms with van der Waals surface area (Å²) >= 11 is 7.24. The minimum Gasteiger partial charge on any atom is -0.310 e. The fraction of sp³-hybridized carbons (Fsp3) is 0.286. The van der Waals surface area contributed by atoms with Gasteiger partial charge >= 0.3 is 0 Å². The van der Waals surface area contributed by atoms with E-state index in [1.807, 2.05) is 6.07 Å². The van der Waals surface area contributed by atoms with Gasteiger partial charge < -0.3 is 10.2 Å². The van der Waals surface area contributed by atoms with Crippen molar-refractivity contribution in [2.75, 3.05) is 16.8 Å². The number of nitrogens with zero attached hydrogens (tertiary/aromatic N) is 3. The van der Waals surface area contributed by atoms with Crippen LogP contribution in [0.4, 0.5) is 10.8 Å². The standard InChI is InChI=1S/C14H13ClN4O2S/c1-8-16-14(22-18-8)17-13(21)9-6-12(20)19(7-9)11-5-3-2-4-10(11)15/h2-5,9H,6-7H2,1H3,(H,16,17,18,21)/t9-/m0/s1. The summed E-state index contributed by atoms with van der Waals surface area (Å²) in [4.78, 5) is 30.0. The molecule has 3 rings (SSSR count). The molecule has 0 unspecified atom stereocenters. The van der Waals surface area contributed by atoms with Crippen LogP contribution in [0.25, 0.3) is 0 Å². The lowest BCUT2D eigenvalue weighted by molar-refractivity contribution is -0.122. The number of nitrogens with one attached hydrogen (secondary N) is 1. The molecule has 1 fully saturated rings. The number of carbonyl (C=O) groups is 2. The molecule has 1 aliphatic heterocycles. The number of para-hydroxylation sites is 1. The molecule has 1 N–H and O–H groups in total. The van der Waals surface area contributed by atoms with Crippen molar-refractivity contribution in [1.29, 1.82) is 0 Å². The highest BCUT2D eigenvalue weighted by molar-refractivity contribution is 7.09. The quantitative estimate of drug-likeness (QED) is 0.934. The average Bonchev–Trinajstić information content (AvgIpc) is 3.06. The summed E-state index contributed by atoms with van der Waals surface area (Å²) < 4.78 is 4.01. The van der Waals surface area contributed by atoms with Gasteiger partial charge in [0.15, 0.2) is 0 Å². The highest BCUT2D eigenvalue weighted by atomic mass is 35.5. The lowest BCUT2D eigenvalue weighted by Crippen LogP contribution is -2.28. The molecule has 2 amide bonds. The second-order valence-corrected chi connectivity index (χ2v) is 6.15. The molecule has 8 heteroatoms. The summed E-state index contributed by atoms with van der Waals surface area (Å²) in [5.74, 6) is -0.144. The Hall–Kier alpha value is -1.99. The number of rotatable bonds is 3. The van der Waals surface area contributed by atoms with Gasteiger partial charge in [0.25, 0.3) is 0 Å². The predicted molar refractivity (Wildman–Crippen MR) is 85.2 cm³/mol. The van der Waals surface area contributed by atoms with Gasteiger partial charge in [-0.1, -0.05) is 23.7 Å². The highest BCUT2D eigenvalue weighted by Crippen LogP contribution is 2.31. The normalized spacial score (nSPS) is 17.8. The third kappa shape index (κ3) is 2.95. The first-order valence-electron chi connectivity index (χ1n) is 6.70. The molecule has 0 radical (unpaired) electrons. The molecule has 6 nitrogen and oxygen atoms in total. The SMILES string of the molecule is Cc1nsc(NC(=O)[C@H]2CC(=O)N(c3ccccc3Cl)C2)n1. The van der Waals surface area contributed by atoms with Crippen molar-refractivity contribution in [1.82, 2.24) is 9.36 Å². The van der Waals surface area contributed by atoms with E-state index in [0.717, 1.165) is 11.5 Å². The lowest BCUT2D eigenvalue weighted by Gasteiger charge is -2.17. The number of carbonyl (C=O) groups excluding carboxylic acids is 2. The average molecular weight is 337 g/mol. The second kappa shape index (κ2) is 6.02. The molecule has 1 aliphatic rings. The van der Waals surface area contributed by atoms with Gasteiger partial charge in [-0.05, 0) is 19.1 Å². The monoisotopic (exact) mass is 336 g/mol. The van der Waals surface area contributed by atoms with Crippen LogP contribution >= 0.6 is 23.1 Å². The Bertz CT molecular complexity index is 733. The maximum absolute atomic E-state index is 12.2. The summed E-state index contributed by atoms with van der Waals surface area (Å²) in [6.07, 6.45) is 0.162. The van der Waals surface area contributed by atoms with Gasteiger partial charge in [-0.2, -0.15) is 4.37 Å². The molecule has 1 aromatic carbocycles. The van der Waals surface area contributed by atoms with E-state index < -0.39 is 5.92 Å². The molecule has 1 atom stereocenters. The van der Waals surface area contributed by atoms with Crippen molar-refractivity contribution in [2.24, 2.45) is 5.92 Å². The van der Waals surface area contributed by atoms with E-state index in [9.17, 15) is 9.59 Å². The number of hydrogen-bond donors (Lipinski definition) is 1. The second-order valence-electron chi connectivity index (χ2n) is 4.99. The van der Waals surface area contributed by atoms with E-state index in [1.54, 1.807) is 30.0 Å². The van der Waals surface area contributed by atoms with E-state index in [1.165, 1.54) is 0 Å². The van der Waals surface area contributed by atoms with E-state index in [0.29, 0.717) is 28.2 Å². The highest BCUT2D eigenvalue weighted by Gasteiger charge is 2.36. The molecule has 2 heterocycles. The predicted octanol–water partition coefficient (Wildman–Crippen LogP) is 2.49. The van der Waals surface area contributed by atoms with Crippen LogP contribution in [0, 0.1) is 12.8 Å². The maximum Gasteiger partial charge on any atom is 0.231 e. The van der Waals surface area contributed by atoms with Crippen LogP contribution in [0.15, 0.2) is 24.3 Å². The van der Waals surface area contributed by atoms with Crippen LogP contribution in [0.3, 0.4) is 0 Å². The number of hydrogen-bond acceptors (Lipinski definition) is 5. The van der Waals surface area contributed by atoms with Crippen molar-refractivity contribution < 1.29 is 9.59 Å². The van der Waals surface area contributed by atoms with Crippen LogP contribution in [0.2, 0.25) is 5.02 Å².